The number of carbonyl (C=O) groups is 1. The van der Waals surface area contributed by atoms with Gasteiger partial charge in [0.25, 0.3) is 0 Å². The van der Waals surface area contributed by atoms with Crippen molar-refractivity contribution >= 4 is 17.7 Å². The molecule has 2 rings (SSSR count). The maximum absolute atomic E-state index is 12.8. The molecule has 1 saturated carbocycles. The third-order valence-corrected chi connectivity index (χ3v) is 5.94. The lowest BCUT2D eigenvalue weighted by Crippen LogP contribution is -2.43. The van der Waals surface area contributed by atoms with Crippen LogP contribution < -0.4 is 5.32 Å². The fourth-order valence-corrected chi connectivity index (χ4v) is 4.98. The molecule has 0 radical (unpaired) electrons. The van der Waals surface area contributed by atoms with E-state index >= 15 is 0 Å². The molecule has 2 aliphatic rings. The molecule has 122 valence electrons. The second-order valence-electron chi connectivity index (χ2n) is 6.94. The number of thioether (sulfide) groups is 1. The van der Waals surface area contributed by atoms with Gasteiger partial charge >= 0.3 is 0 Å². The van der Waals surface area contributed by atoms with Crippen molar-refractivity contribution in [2.24, 2.45) is 5.92 Å². The summed E-state index contributed by atoms with van der Waals surface area (Å²) in [6.45, 7) is 8.86. The molecule has 0 spiro atoms. The van der Waals surface area contributed by atoms with Crippen molar-refractivity contribution in [3.05, 3.63) is 0 Å². The summed E-state index contributed by atoms with van der Waals surface area (Å²) in [4.78, 5) is 15.1. The summed E-state index contributed by atoms with van der Waals surface area (Å²) in [5, 5.41) is 4.38. The molecule has 4 atom stereocenters. The Kier molecular flexibility index (Phi) is 6.42. The van der Waals surface area contributed by atoms with Gasteiger partial charge in [0.15, 0.2) is 0 Å². The van der Waals surface area contributed by atoms with Crippen molar-refractivity contribution in [3.63, 3.8) is 0 Å². The molecule has 4 unspecified atom stereocenters. The molecular weight excluding hydrogens is 280 g/mol. The first-order chi connectivity index (χ1) is 10.1. The first kappa shape index (κ1) is 17.1. The Morgan fingerprint density at radius 2 is 2.10 bits per heavy atom. The molecule has 21 heavy (non-hydrogen) atoms. The summed E-state index contributed by atoms with van der Waals surface area (Å²) in [6.07, 6.45) is 7.13. The van der Waals surface area contributed by atoms with Gasteiger partial charge in [-0.05, 0) is 43.8 Å². The van der Waals surface area contributed by atoms with Gasteiger partial charge in [-0.25, -0.2) is 0 Å². The third-order valence-electron chi connectivity index (χ3n) is 4.70. The Labute approximate surface area is 134 Å². The van der Waals surface area contributed by atoms with E-state index in [0.29, 0.717) is 17.9 Å². The largest absolute Gasteiger partial charge is 0.323 e. The van der Waals surface area contributed by atoms with E-state index in [1.165, 1.54) is 25.0 Å². The standard InChI is InChI=1S/C17H32N2OS/c1-5-7-16-18-15(10-12(3)4)17(20)19(16)13-8-9-14(11-13)21-6-2/h12-16,18H,5-11H2,1-4H3. The lowest BCUT2D eigenvalue weighted by Gasteiger charge is -2.30. The number of carbonyl (C=O) groups excluding carboxylic acids is 1. The van der Waals surface area contributed by atoms with Gasteiger partial charge in [-0.1, -0.05) is 34.1 Å². The smallest absolute Gasteiger partial charge is 0.241 e. The molecular formula is C17H32N2OS. The fraction of sp³-hybridized carbons (Fsp3) is 0.941. The zero-order valence-electron chi connectivity index (χ0n) is 14.1. The van der Waals surface area contributed by atoms with Crippen LogP contribution in [-0.4, -0.2) is 40.1 Å². The van der Waals surface area contributed by atoms with Gasteiger partial charge in [-0.3, -0.25) is 10.1 Å². The SMILES string of the molecule is CCCC1NC(CC(C)C)C(=O)N1C1CCC(SCC)C1. The summed E-state index contributed by atoms with van der Waals surface area (Å²) in [7, 11) is 0. The van der Waals surface area contributed by atoms with E-state index in [1.807, 2.05) is 0 Å². The molecule has 1 saturated heterocycles. The van der Waals surface area contributed by atoms with Crippen LogP contribution in [0.15, 0.2) is 0 Å². The predicted octanol–water partition coefficient (Wildman–Crippen LogP) is 3.63. The number of hydrogen-bond acceptors (Lipinski definition) is 3. The van der Waals surface area contributed by atoms with E-state index in [9.17, 15) is 4.79 Å². The van der Waals surface area contributed by atoms with Crippen LogP contribution in [0, 0.1) is 5.92 Å². The maximum Gasteiger partial charge on any atom is 0.241 e. The summed E-state index contributed by atoms with van der Waals surface area (Å²) in [6, 6.07) is 0.530. The van der Waals surface area contributed by atoms with Crippen molar-refractivity contribution in [2.45, 2.75) is 89.7 Å². The Hall–Kier alpha value is -0.220. The van der Waals surface area contributed by atoms with Crippen LogP contribution in [0.2, 0.25) is 0 Å². The van der Waals surface area contributed by atoms with Crippen LogP contribution in [0.3, 0.4) is 0 Å². The van der Waals surface area contributed by atoms with Crippen molar-refractivity contribution < 1.29 is 4.79 Å². The van der Waals surface area contributed by atoms with E-state index in [2.05, 4.69) is 49.7 Å². The first-order valence-electron chi connectivity index (χ1n) is 8.76. The van der Waals surface area contributed by atoms with Crippen LogP contribution in [0.4, 0.5) is 0 Å². The summed E-state index contributed by atoms with van der Waals surface area (Å²) in [5.41, 5.74) is 0. The fourth-order valence-electron chi connectivity index (χ4n) is 3.85. The number of hydrogen-bond donors (Lipinski definition) is 1. The summed E-state index contributed by atoms with van der Waals surface area (Å²) >= 11 is 2.07. The second kappa shape index (κ2) is 7.87. The molecule has 0 aromatic rings. The Morgan fingerprint density at radius 1 is 1.33 bits per heavy atom. The maximum atomic E-state index is 12.8. The lowest BCUT2D eigenvalue weighted by molar-refractivity contribution is -0.132. The van der Waals surface area contributed by atoms with Gasteiger partial charge in [-0.15, -0.1) is 0 Å². The molecule has 0 bridgehead atoms. The molecule has 0 aromatic heterocycles. The molecule has 1 heterocycles. The number of nitrogens with zero attached hydrogens (tertiary/aromatic N) is 1. The minimum absolute atomic E-state index is 0.0550. The van der Waals surface area contributed by atoms with Crippen molar-refractivity contribution in [3.8, 4) is 0 Å². The molecule has 3 nitrogen and oxygen atoms in total. The normalized spacial score (nSPS) is 33.4. The van der Waals surface area contributed by atoms with Crippen molar-refractivity contribution in [2.75, 3.05) is 5.75 Å². The van der Waals surface area contributed by atoms with E-state index in [-0.39, 0.29) is 12.2 Å². The van der Waals surface area contributed by atoms with Crippen LogP contribution in [0.5, 0.6) is 0 Å². The quantitative estimate of drug-likeness (QED) is 0.779. The average Bonchev–Trinajstić information content (AvgIpc) is 2.96. The first-order valence-corrected chi connectivity index (χ1v) is 9.81. The van der Waals surface area contributed by atoms with Crippen LogP contribution in [-0.2, 0) is 4.79 Å². The van der Waals surface area contributed by atoms with E-state index in [0.717, 1.165) is 24.5 Å². The molecule has 2 fully saturated rings. The van der Waals surface area contributed by atoms with Gasteiger partial charge in [0.1, 0.15) is 0 Å². The summed E-state index contributed by atoms with van der Waals surface area (Å²) < 4.78 is 0. The zero-order chi connectivity index (χ0) is 15.4. The highest BCUT2D eigenvalue weighted by Crippen LogP contribution is 2.35. The topological polar surface area (TPSA) is 32.3 Å². The predicted molar refractivity (Wildman–Crippen MR) is 91.5 cm³/mol. The highest BCUT2D eigenvalue weighted by Gasteiger charge is 2.43. The second-order valence-corrected chi connectivity index (χ2v) is 8.52. The third kappa shape index (κ3) is 4.16. The Bertz CT molecular complexity index is 348. The molecule has 1 N–H and O–H groups in total. The number of nitrogens with one attached hydrogen (secondary N) is 1. The molecule has 1 amide bonds. The van der Waals surface area contributed by atoms with E-state index in [1.54, 1.807) is 0 Å². The summed E-state index contributed by atoms with van der Waals surface area (Å²) in [5.74, 6) is 2.13. The monoisotopic (exact) mass is 312 g/mol. The Morgan fingerprint density at radius 3 is 2.71 bits per heavy atom. The molecule has 4 heteroatoms. The number of amides is 1. The van der Waals surface area contributed by atoms with Crippen LogP contribution in [0.25, 0.3) is 0 Å². The average molecular weight is 313 g/mol. The molecule has 1 aliphatic carbocycles. The van der Waals surface area contributed by atoms with Gasteiger partial charge < -0.3 is 4.90 Å². The molecule has 1 aliphatic heterocycles. The van der Waals surface area contributed by atoms with Crippen molar-refractivity contribution in [1.29, 1.82) is 0 Å². The highest BCUT2D eigenvalue weighted by atomic mass is 32.2. The lowest BCUT2D eigenvalue weighted by atomic mass is 10.0. The van der Waals surface area contributed by atoms with Gasteiger partial charge in [-0.2, -0.15) is 11.8 Å². The zero-order valence-corrected chi connectivity index (χ0v) is 14.9. The van der Waals surface area contributed by atoms with E-state index in [4.69, 9.17) is 0 Å². The highest BCUT2D eigenvalue weighted by molar-refractivity contribution is 7.99. The van der Waals surface area contributed by atoms with Gasteiger partial charge in [0, 0.05) is 11.3 Å². The minimum Gasteiger partial charge on any atom is -0.323 e. The molecule has 0 aromatic carbocycles. The van der Waals surface area contributed by atoms with Gasteiger partial charge in [0.05, 0.1) is 12.2 Å². The number of rotatable bonds is 7. The minimum atomic E-state index is 0.0550. The van der Waals surface area contributed by atoms with E-state index < -0.39 is 0 Å². The van der Waals surface area contributed by atoms with Crippen LogP contribution in [0.1, 0.15) is 66.2 Å². The van der Waals surface area contributed by atoms with Gasteiger partial charge in [0.2, 0.25) is 5.91 Å². The van der Waals surface area contributed by atoms with Crippen LogP contribution >= 0.6 is 11.8 Å². The Balaban J connectivity index is 2.02. The van der Waals surface area contributed by atoms with Crippen molar-refractivity contribution in [1.82, 2.24) is 10.2 Å².